The van der Waals surface area contributed by atoms with Crippen molar-refractivity contribution in [3.8, 4) is 11.5 Å². The van der Waals surface area contributed by atoms with Gasteiger partial charge in [-0.3, -0.25) is 4.79 Å². The van der Waals surface area contributed by atoms with Crippen LogP contribution in [0.25, 0.3) is 0 Å². The topological polar surface area (TPSA) is 64.8 Å². The normalized spacial score (nSPS) is 17.6. The van der Waals surface area contributed by atoms with Crippen molar-refractivity contribution in [2.75, 3.05) is 33.4 Å². The lowest BCUT2D eigenvalue weighted by Crippen LogP contribution is -2.29. The Morgan fingerprint density at radius 2 is 2.27 bits per heavy atom. The summed E-state index contributed by atoms with van der Waals surface area (Å²) in [6.07, 6.45) is 1.82. The molecule has 2 N–H and O–H groups in total. The molecule has 1 amide bonds. The molecule has 122 valence electrons. The van der Waals surface area contributed by atoms with E-state index < -0.39 is 0 Å². The van der Waals surface area contributed by atoms with Crippen molar-refractivity contribution in [2.45, 2.75) is 19.8 Å². The molecule has 22 heavy (non-hydrogen) atoms. The number of nitrogens with zero attached hydrogens (tertiary/aromatic N) is 1. The van der Waals surface area contributed by atoms with Crippen molar-refractivity contribution in [3.05, 3.63) is 22.7 Å². The molecule has 0 radical (unpaired) electrons. The Morgan fingerprint density at radius 1 is 1.50 bits per heavy atom. The zero-order valence-electron chi connectivity index (χ0n) is 13.1. The fourth-order valence-corrected chi connectivity index (χ4v) is 2.84. The second kappa shape index (κ2) is 7.70. The highest BCUT2D eigenvalue weighted by Gasteiger charge is 2.27. The van der Waals surface area contributed by atoms with Crippen LogP contribution in [0.4, 0.5) is 0 Å². The van der Waals surface area contributed by atoms with Gasteiger partial charge in [-0.25, -0.2) is 0 Å². The first-order chi connectivity index (χ1) is 10.6. The summed E-state index contributed by atoms with van der Waals surface area (Å²) in [7, 11) is 1.54. The van der Waals surface area contributed by atoms with Crippen molar-refractivity contribution < 1.29 is 14.3 Å². The highest BCUT2D eigenvalue weighted by atomic mass is 35.5. The number of carbonyl (C=O) groups excluding carboxylic acids is 1. The van der Waals surface area contributed by atoms with Gasteiger partial charge < -0.3 is 20.1 Å². The third-order valence-electron chi connectivity index (χ3n) is 3.83. The number of methoxy groups -OCH3 is 1. The molecular formula is C16H23ClN2O3. The maximum absolute atomic E-state index is 12.6. The number of hydrogen-bond acceptors (Lipinski definition) is 4. The van der Waals surface area contributed by atoms with E-state index in [-0.39, 0.29) is 5.91 Å². The predicted molar refractivity (Wildman–Crippen MR) is 86.9 cm³/mol. The first kappa shape index (κ1) is 16.9. The smallest absolute Gasteiger partial charge is 0.254 e. The van der Waals surface area contributed by atoms with Gasteiger partial charge in [0.25, 0.3) is 5.91 Å². The molecule has 1 aliphatic rings. The highest BCUT2D eigenvalue weighted by Crippen LogP contribution is 2.37. The minimum absolute atomic E-state index is 0.0433. The summed E-state index contributed by atoms with van der Waals surface area (Å²) < 4.78 is 10.9. The summed E-state index contributed by atoms with van der Waals surface area (Å²) in [5.74, 6) is 1.31. The first-order valence-corrected chi connectivity index (χ1v) is 7.98. The maximum Gasteiger partial charge on any atom is 0.254 e. The number of hydrogen-bond donors (Lipinski definition) is 1. The molecule has 1 atom stereocenters. The molecule has 0 spiro atoms. The Hall–Kier alpha value is -1.46. The SMILES string of the molecule is CCCOc1c(Cl)cc(C(=O)N2CC[C@H](CN)C2)cc1OC. The molecule has 0 saturated carbocycles. The van der Waals surface area contributed by atoms with E-state index in [1.54, 1.807) is 19.2 Å². The largest absolute Gasteiger partial charge is 0.493 e. The molecule has 1 aromatic rings. The Morgan fingerprint density at radius 3 is 2.86 bits per heavy atom. The van der Waals surface area contributed by atoms with E-state index in [4.69, 9.17) is 26.8 Å². The van der Waals surface area contributed by atoms with Gasteiger partial charge in [-0.05, 0) is 37.4 Å². The average molecular weight is 327 g/mol. The number of nitrogens with two attached hydrogens (primary N) is 1. The zero-order valence-corrected chi connectivity index (χ0v) is 13.9. The molecule has 0 aromatic heterocycles. The van der Waals surface area contributed by atoms with Crippen molar-refractivity contribution >= 4 is 17.5 Å². The minimum atomic E-state index is -0.0433. The van der Waals surface area contributed by atoms with Gasteiger partial charge in [0.15, 0.2) is 11.5 Å². The lowest BCUT2D eigenvalue weighted by atomic mass is 10.1. The van der Waals surface area contributed by atoms with Gasteiger partial charge in [0.2, 0.25) is 0 Å². The van der Waals surface area contributed by atoms with E-state index >= 15 is 0 Å². The van der Waals surface area contributed by atoms with Crippen LogP contribution in [-0.2, 0) is 0 Å². The lowest BCUT2D eigenvalue weighted by Gasteiger charge is -2.18. The maximum atomic E-state index is 12.6. The number of amides is 1. The highest BCUT2D eigenvalue weighted by molar-refractivity contribution is 6.32. The Balaban J connectivity index is 2.21. The van der Waals surface area contributed by atoms with Crippen LogP contribution in [0.1, 0.15) is 30.1 Å². The number of likely N-dealkylation sites (tertiary alicyclic amines) is 1. The number of benzene rings is 1. The Labute approximate surface area is 136 Å². The molecule has 1 aliphatic heterocycles. The van der Waals surface area contributed by atoms with Gasteiger partial charge in [-0.1, -0.05) is 18.5 Å². The van der Waals surface area contributed by atoms with Crippen LogP contribution in [0.3, 0.4) is 0 Å². The first-order valence-electron chi connectivity index (χ1n) is 7.60. The number of halogens is 1. The molecule has 1 saturated heterocycles. The average Bonchev–Trinajstić information content (AvgIpc) is 3.01. The summed E-state index contributed by atoms with van der Waals surface area (Å²) >= 11 is 6.26. The summed E-state index contributed by atoms with van der Waals surface area (Å²) in [6, 6.07) is 3.34. The lowest BCUT2D eigenvalue weighted by molar-refractivity contribution is 0.0787. The molecule has 0 aliphatic carbocycles. The van der Waals surface area contributed by atoms with E-state index in [1.165, 1.54) is 0 Å². The van der Waals surface area contributed by atoms with Gasteiger partial charge in [0.1, 0.15) is 0 Å². The van der Waals surface area contributed by atoms with E-state index in [9.17, 15) is 4.79 Å². The molecule has 5 nitrogen and oxygen atoms in total. The Bertz CT molecular complexity index is 536. The summed E-state index contributed by atoms with van der Waals surface area (Å²) in [4.78, 5) is 14.4. The van der Waals surface area contributed by atoms with Crippen LogP contribution in [-0.4, -0.2) is 44.2 Å². The zero-order chi connectivity index (χ0) is 16.1. The van der Waals surface area contributed by atoms with Crippen molar-refractivity contribution in [3.63, 3.8) is 0 Å². The summed E-state index contributed by atoms with van der Waals surface area (Å²) in [5, 5.41) is 0.394. The van der Waals surface area contributed by atoms with Gasteiger partial charge in [0, 0.05) is 18.7 Å². The summed E-state index contributed by atoms with van der Waals surface area (Å²) in [6.45, 7) is 4.60. The number of ether oxygens (including phenoxy) is 2. The molecular weight excluding hydrogens is 304 g/mol. The second-order valence-corrected chi connectivity index (χ2v) is 5.89. The van der Waals surface area contributed by atoms with Crippen LogP contribution in [0.15, 0.2) is 12.1 Å². The molecule has 1 fully saturated rings. The Kier molecular flexibility index (Phi) is 5.91. The monoisotopic (exact) mass is 326 g/mol. The summed E-state index contributed by atoms with van der Waals surface area (Å²) in [5.41, 5.74) is 6.19. The minimum Gasteiger partial charge on any atom is -0.493 e. The van der Waals surface area contributed by atoms with E-state index in [0.29, 0.717) is 47.7 Å². The van der Waals surface area contributed by atoms with Crippen molar-refractivity contribution in [1.82, 2.24) is 4.90 Å². The van der Waals surface area contributed by atoms with Crippen LogP contribution >= 0.6 is 11.6 Å². The van der Waals surface area contributed by atoms with Gasteiger partial charge >= 0.3 is 0 Å². The van der Waals surface area contributed by atoms with E-state index in [1.807, 2.05) is 11.8 Å². The van der Waals surface area contributed by atoms with E-state index in [2.05, 4.69) is 0 Å². The van der Waals surface area contributed by atoms with Gasteiger partial charge in [-0.15, -0.1) is 0 Å². The third-order valence-corrected chi connectivity index (χ3v) is 4.11. The molecule has 0 unspecified atom stereocenters. The number of rotatable bonds is 6. The van der Waals surface area contributed by atoms with Crippen LogP contribution in [0.5, 0.6) is 11.5 Å². The van der Waals surface area contributed by atoms with Crippen molar-refractivity contribution in [1.29, 1.82) is 0 Å². The van der Waals surface area contributed by atoms with Gasteiger partial charge in [0.05, 0.1) is 18.7 Å². The molecule has 6 heteroatoms. The third kappa shape index (κ3) is 3.65. The van der Waals surface area contributed by atoms with Crippen LogP contribution < -0.4 is 15.2 Å². The molecule has 1 aromatic carbocycles. The fourth-order valence-electron chi connectivity index (χ4n) is 2.58. The van der Waals surface area contributed by atoms with Crippen LogP contribution in [0, 0.1) is 5.92 Å². The molecule has 1 heterocycles. The van der Waals surface area contributed by atoms with Gasteiger partial charge in [-0.2, -0.15) is 0 Å². The quantitative estimate of drug-likeness (QED) is 0.872. The molecule has 2 rings (SSSR count). The van der Waals surface area contributed by atoms with Crippen molar-refractivity contribution in [2.24, 2.45) is 11.7 Å². The predicted octanol–water partition coefficient (Wildman–Crippen LogP) is 2.56. The number of carbonyl (C=O) groups is 1. The van der Waals surface area contributed by atoms with Crippen LogP contribution in [0.2, 0.25) is 5.02 Å². The van der Waals surface area contributed by atoms with E-state index in [0.717, 1.165) is 19.4 Å². The fraction of sp³-hybridized carbons (Fsp3) is 0.562. The standard InChI is InChI=1S/C16H23ClN2O3/c1-3-6-22-15-13(17)7-12(8-14(15)21-2)16(20)19-5-4-11(9-18)10-19/h7-8,11H,3-6,9-10,18H2,1-2H3/t11-/m1/s1. The molecule has 0 bridgehead atoms. The second-order valence-electron chi connectivity index (χ2n) is 5.48.